The summed E-state index contributed by atoms with van der Waals surface area (Å²) in [5, 5.41) is 0. The van der Waals surface area contributed by atoms with Gasteiger partial charge in [-0.3, -0.25) is 4.79 Å². The van der Waals surface area contributed by atoms with E-state index >= 15 is 0 Å². The van der Waals surface area contributed by atoms with Crippen LogP contribution >= 0.6 is 22.6 Å². The van der Waals surface area contributed by atoms with Gasteiger partial charge in [-0.1, -0.05) is 0 Å². The Bertz CT molecular complexity index is 275. The van der Waals surface area contributed by atoms with Crippen molar-refractivity contribution >= 4 is 34.5 Å². The number of hydrogen-bond donors (Lipinski definition) is 0. The topological polar surface area (TPSA) is 46.6 Å². The third-order valence-electron chi connectivity index (χ3n) is 1.89. The summed E-state index contributed by atoms with van der Waals surface area (Å²) < 4.78 is 6.61. The van der Waals surface area contributed by atoms with Crippen molar-refractivity contribution in [3.63, 3.8) is 0 Å². The Balaban J connectivity index is 2.84. The van der Waals surface area contributed by atoms with Crippen molar-refractivity contribution in [3.05, 3.63) is 9.84 Å². The Hall–Kier alpha value is -0.590. The van der Waals surface area contributed by atoms with E-state index in [0.717, 1.165) is 0 Å². The predicted octanol–water partition coefficient (Wildman–Crippen LogP) is 1.06. The lowest BCUT2D eigenvalue weighted by Gasteiger charge is -2.31. The molecular weight excluding hydrogens is 285 g/mol. The molecule has 1 saturated heterocycles. The monoisotopic (exact) mass is 295 g/mol. The van der Waals surface area contributed by atoms with Gasteiger partial charge in [0, 0.05) is 11.0 Å². The zero-order valence-electron chi connectivity index (χ0n) is 7.41. The van der Waals surface area contributed by atoms with Crippen molar-refractivity contribution < 1.29 is 14.3 Å². The van der Waals surface area contributed by atoms with E-state index in [-0.39, 0.29) is 11.9 Å². The lowest BCUT2D eigenvalue weighted by molar-refractivity contribution is -0.156. The van der Waals surface area contributed by atoms with Crippen LogP contribution in [0.5, 0.6) is 0 Å². The molecule has 1 rings (SSSR count). The first-order chi connectivity index (χ1) is 6.06. The molecule has 0 radical (unpaired) electrons. The van der Waals surface area contributed by atoms with E-state index in [9.17, 15) is 9.59 Å². The minimum absolute atomic E-state index is 0.111. The summed E-state index contributed by atoms with van der Waals surface area (Å²) in [6.45, 7) is 3.48. The van der Waals surface area contributed by atoms with Crippen LogP contribution in [0.2, 0.25) is 0 Å². The first kappa shape index (κ1) is 10.5. The first-order valence-corrected chi connectivity index (χ1v) is 5.09. The van der Waals surface area contributed by atoms with Crippen molar-refractivity contribution in [1.29, 1.82) is 0 Å². The molecule has 0 bridgehead atoms. The number of nitrogens with zero attached hydrogens (tertiary/aromatic N) is 1. The van der Waals surface area contributed by atoms with Gasteiger partial charge >= 0.3 is 5.97 Å². The molecule has 1 unspecified atom stereocenters. The fourth-order valence-corrected chi connectivity index (χ4v) is 1.44. The van der Waals surface area contributed by atoms with Crippen molar-refractivity contribution in [1.82, 2.24) is 4.90 Å². The van der Waals surface area contributed by atoms with Crippen LogP contribution in [0.15, 0.2) is 9.84 Å². The second kappa shape index (κ2) is 4.08. The molecule has 1 atom stereocenters. The van der Waals surface area contributed by atoms with E-state index in [1.807, 2.05) is 22.6 Å². The highest BCUT2D eigenvalue weighted by Gasteiger charge is 2.31. The number of ether oxygens (including phenoxy) is 1. The van der Waals surface area contributed by atoms with Gasteiger partial charge < -0.3 is 9.64 Å². The highest BCUT2D eigenvalue weighted by atomic mass is 127. The van der Waals surface area contributed by atoms with Gasteiger partial charge in [0.05, 0.1) is 6.54 Å². The van der Waals surface area contributed by atoms with Gasteiger partial charge in [-0.2, -0.15) is 0 Å². The van der Waals surface area contributed by atoms with Crippen LogP contribution in [0.1, 0.15) is 13.8 Å². The Morgan fingerprint density at radius 3 is 2.85 bits per heavy atom. The molecule has 1 fully saturated rings. The molecule has 0 aromatic heterocycles. The number of carbonyl (C=O) groups is 2. The Labute approximate surface area is 90.1 Å². The minimum atomic E-state index is -0.474. The molecule has 5 heteroatoms. The van der Waals surface area contributed by atoms with Gasteiger partial charge in [-0.05, 0) is 29.5 Å². The van der Waals surface area contributed by atoms with Crippen LogP contribution in [0, 0.1) is 0 Å². The predicted molar refractivity (Wildman–Crippen MR) is 55.0 cm³/mol. The average molecular weight is 295 g/mol. The third kappa shape index (κ3) is 2.20. The summed E-state index contributed by atoms with van der Waals surface area (Å²) in [5.41, 5.74) is 0. The lowest BCUT2D eigenvalue weighted by atomic mass is 10.2. The van der Waals surface area contributed by atoms with E-state index < -0.39 is 6.04 Å². The third-order valence-corrected chi connectivity index (χ3v) is 2.59. The molecule has 0 N–H and O–H groups in total. The van der Waals surface area contributed by atoms with Crippen molar-refractivity contribution in [3.8, 4) is 0 Å². The van der Waals surface area contributed by atoms with E-state index in [1.165, 1.54) is 11.8 Å². The van der Waals surface area contributed by atoms with Crippen molar-refractivity contribution in [2.75, 3.05) is 6.54 Å². The molecule has 1 heterocycles. The highest BCUT2D eigenvalue weighted by molar-refractivity contribution is 14.1. The summed E-state index contributed by atoms with van der Waals surface area (Å²) >= 11 is 1.98. The lowest BCUT2D eigenvalue weighted by Crippen LogP contribution is -2.48. The summed E-state index contributed by atoms with van der Waals surface area (Å²) in [6, 6.07) is -0.474. The number of hydrogen-bond acceptors (Lipinski definition) is 3. The SMILES string of the molecule is CC(=O)N1C/C(=C\I)OC(=O)C1C. The molecule has 0 aromatic carbocycles. The molecule has 0 aliphatic carbocycles. The van der Waals surface area contributed by atoms with Crippen LogP contribution in [0.3, 0.4) is 0 Å². The molecule has 4 nitrogen and oxygen atoms in total. The fraction of sp³-hybridized carbons (Fsp3) is 0.500. The van der Waals surface area contributed by atoms with Crippen LogP contribution < -0.4 is 0 Å². The molecule has 0 aromatic rings. The van der Waals surface area contributed by atoms with E-state index in [2.05, 4.69) is 0 Å². The molecule has 1 amide bonds. The maximum Gasteiger partial charge on any atom is 0.333 e. The maximum atomic E-state index is 11.2. The summed E-state index contributed by atoms with van der Waals surface area (Å²) in [7, 11) is 0. The van der Waals surface area contributed by atoms with Gasteiger partial charge in [0.15, 0.2) is 0 Å². The maximum absolute atomic E-state index is 11.2. The van der Waals surface area contributed by atoms with Crippen molar-refractivity contribution in [2.24, 2.45) is 0 Å². The standard InChI is InChI=1S/C8H10INO3/c1-5-8(12)13-7(3-9)4-10(5)6(2)11/h3,5H,4H2,1-2H3/b7-3+. The van der Waals surface area contributed by atoms with E-state index in [0.29, 0.717) is 12.3 Å². The van der Waals surface area contributed by atoms with E-state index in [1.54, 1.807) is 11.0 Å². The number of esters is 1. The fourth-order valence-electron chi connectivity index (χ4n) is 1.12. The Kier molecular flexibility index (Phi) is 3.29. The molecule has 0 saturated carbocycles. The Morgan fingerprint density at radius 2 is 2.38 bits per heavy atom. The average Bonchev–Trinajstić information content (AvgIpc) is 2.09. The number of carbonyl (C=O) groups excluding carboxylic acids is 2. The quantitative estimate of drug-likeness (QED) is 0.496. The smallest absolute Gasteiger partial charge is 0.333 e. The number of cyclic esters (lactones) is 1. The van der Waals surface area contributed by atoms with Crippen LogP contribution in [-0.4, -0.2) is 29.4 Å². The molecule has 0 spiro atoms. The molecule has 1 aliphatic rings. The molecular formula is C8H10INO3. The number of rotatable bonds is 0. The van der Waals surface area contributed by atoms with Gasteiger partial charge in [-0.15, -0.1) is 0 Å². The Morgan fingerprint density at radius 1 is 1.77 bits per heavy atom. The number of amides is 1. The summed E-state index contributed by atoms with van der Waals surface area (Å²) in [4.78, 5) is 23.8. The molecule has 72 valence electrons. The first-order valence-electron chi connectivity index (χ1n) is 3.84. The minimum Gasteiger partial charge on any atom is -0.427 e. The zero-order chi connectivity index (χ0) is 10.0. The van der Waals surface area contributed by atoms with Gasteiger partial charge in [-0.25, -0.2) is 4.79 Å². The van der Waals surface area contributed by atoms with Gasteiger partial charge in [0.1, 0.15) is 11.8 Å². The van der Waals surface area contributed by atoms with Crippen LogP contribution in [-0.2, 0) is 14.3 Å². The van der Waals surface area contributed by atoms with Gasteiger partial charge in [0.25, 0.3) is 0 Å². The number of morpholine rings is 1. The van der Waals surface area contributed by atoms with Crippen LogP contribution in [0.4, 0.5) is 0 Å². The zero-order valence-corrected chi connectivity index (χ0v) is 9.57. The van der Waals surface area contributed by atoms with E-state index in [4.69, 9.17) is 4.74 Å². The van der Waals surface area contributed by atoms with Crippen LogP contribution in [0.25, 0.3) is 0 Å². The molecule has 13 heavy (non-hydrogen) atoms. The summed E-state index contributed by atoms with van der Waals surface area (Å²) in [5.74, 6) is 0.0446. The number of halogens is 1. The second-order valence-corrected chi connectivity index (χ2v) is 3.44. The second-order valence-electron chi connectivity index (χ2n) is 2.82. The largest absolute Gasteiger partial charge is 0.427 e. The highest BCUT2D eigenvalue weighted by Crippen LogP contribution is 2.16. The molecule has 1 aliphatic heterocycles. The summed E-state index contributed by atoms with van der Waals surface area (Å²) in [6.07, 6.45) is 0. The van der Waals surface area contributed by atoms with Gasteiger partial charge in [0.2, 0.25) is 5.91 Å². The normalized spacial score (nSPS) is 26.1. The van der Waals surface area contributed by atoms with Crippen molar-refractivity contribution in [2.45, 2.75) is 19.9 Å².